The number of nitrogens with zero attached hydrogens (tertiary/aromatic N) is 5. The average molecular weight is 412 g/mol. The number of hydrogen-bond donors (Lipinski definition) is 3. The predicted octanol–water partition coefficient (Wildman–Crippen LogP) is 3.12. The van der Waals surface area contributed by atoms with Gasteiger partial charge in [-0.25, -0.2) is 19.9 Å². The van der Waals surface area contributed by atoms with E-state index in [9.17, 15) is 9.59 Å². The second-order valence-corrected chi connectivity index (χ2v) is 6.83. The number of amides is 1. The van der Waals surface area contributed by atoms with Gasteiger partial charge in [-0.15, -0.1) is 0 Å². The number of aromatic amines is 2. The van der Waals surface area contributed by atoms with E-state index in [1.54, 1.807) is 37.6 Å². The van der Waals surface area contributed by atoms with Crippen LogP contribution >= 0.6 is 0 Å². The van der Waals surface area contributed by atoms with Crippen molar-refractivity contribution >= 4 is 40.2 Å². The van der Waals surface area contributed by atoms with Crippen molar-refractivity contribution < 1.29 is 9.59 Å². The third-order valence-electron chi connectivity index (χ3n) is 4.88. The zero-order valence-electron chi connectivity index (χ0n) is 16.4. The molecule has 0 saturated carbocycles. The summed E-state index contributed by atoms with van der Waals surface area (Å²) in [6, 6.07) is 7.17. The van der Waals surface area contributed by atoms with Crippen LogP contribution in [-0.4, -0.2) is 47.3 Å². The molecule has 0 saturated heterocycles. The molecule has 3 N–H and O–H groups in total. The summed E-state index contributed by atoms with van der Waals surface area (Å²) in [5, 5.41) is 10.7. The van der Waals surface area contributed by atoms with Gasteiger partial charge in [0.25, 0.3) is 0 Å². The van der Waals surface area contributed by atoms with Crippen LogP contribution in [0.25, 0.3) is 44.8 Å². The van der Waals surface area contributed by atoms with Gasteiger partial charge in [0.05, 0.1) is 10.9 Å². The number of hydrogen-bond acceptors (Lipinski definition) is 7. The Morgan fingerprint density at radius 3 is 2.74 bits per heavy atom. The van der Waals surface area contributed by atoms with Crippen LogP contribution in [0.15, 0.2) is 42.9 Å². The molecule has 0 radical (unpaired) electrons. The number of nitrogens with one attached hydrogen (secondary N) is 3. The molecule has 10 nitrogen and oxygen atoms in total. The van der Waals surface area contributed by atoms with Crippen molar-refractivity contribution in [2.75, 3.05) is 5.32 Å². The Balaban J connectivity index is 1.55. The maximum Gasteiger partial charge on any atom is 0.225 e. The van der Waals surface area contributed by atoms with Crippen molar-refractivity contribution in [1.29, 1.82) is 0 Å². The monoisotopic (exact) mass is 412 g/mol. The van der Waals surface area contributed by atoms with E-state index in [-0.39, 0.29) is 5.91 Å². The second kappa shape index (κ2) is 7.41. The van der Waals surface area contributed by atoms with Crippen LogP contribution < -0.4 is 5.32 Å². The minimum atomic E-state index is -0.0931. The molecule has 0 aliphatic rings. The molecule has 5 heterocycles. The van der Waals surface area contributed by atoms with Gasteiger partial charge in [-0.3, -0.25) is 14.7 Å². The van der Waals surface area contributed by atoms with E-state index >= 15 is 0 Å². The van der Waals surface area contributed by atoms with Gasteiger partial charge in [0.15, 0.2) is 23.4 Å². The Hall–Kier alpha value is -4.47. The van der Waals surface area contributed by atoms with Gasteiger partial charge in [-0.05, 0) is 24.3 Å². The molecule has 0 bridgehead atoms. The largest absolute Gasteiger partial charge is 0.335 e. The number of pyridine rings is 3. The molecule has 5 aromatic rings. The lowest BCUT2D eigenvalue weighted by molar-refractivity contribution is -0.115. The number of carbonyl (C=O) groups is 2. The van der Waals surface area contributed by atoms with Crippen LogP contribution in [0.5, 0.6) is 0 Å². The van der Waals surface area contributed by atoms with Gasteiger partial charge < -0.3 is 10.3 Å². The molecular formula is C21H16N8O2. The Kier molecular flexibility index (Phi) is 4.43. The third kappa shape index (κ3) is 3.29. The van der Waals surface area contributed by atoms with Crippen molar-refractivity contribution in [3.8, 4) is 22.6 Å². The van der Waals surface area contributed by atoms with Gasteiger partial charge in [0.2, 0.25) is 5.91 Å². The van der Waals surface area contributed by atoms with Crippen molar-refractivity contribution in [1.82, 2.24) is 35.1 Å². The Morgan fingerprint density at radius 1 is 1.10 bits per heavy atom. The van der Waals surface area contributed by atoms with Crippen LogP contribution in [0.2, 0.25) is 0 Å². The zero-order valence-corrected chi connectivity index (χ0v) is 16.4. The quantitative estimate of drug-likeness (QED) is 0.376. The predicted molar refractivity (Wildman–Crippen MR) is 114 cm³/mol. The normalized spacial score (nSPS) is 11.1. The van der Waals surface area contributed by atoms with Crippen LogP contribution in [0.4, 0.5) is 5.82 Å². The first-order valence-electron chi connectivity index (χ1n) is 9.57. The summed E-state index contributed by atoms with van der Waals surface area (Å²) in [5.41, 5.74) is 4.33. The van der Waals surface area contributed by atoms with Crippen molar-refractivity contribution in [2.45, 2.75) is 13.3 Å². The highest BCUT2D eigenvalue weighted by Crippen LogP contribution is 2.29. The van der Waals surface area contributed by atoms with Crippen LogP contribution in [0, 0.1) is 0 Å². The lowest BCUT2D eigenvalue weighted by atomic mass is 10.1. The van der Waals surface area contributed by atoms with Crippen LogP contribution in [0.3, 0.4) is 0 Å². The summed E-state index contributed by atoms with van der Waals surface area (Å²) in [4.78, 5) is 43.4. The summed E-state index contributed by atoms with van der Waals surface area (Å²) in [7, 11) is 0. The van der Waals surface area contributed by atoms with E-state index in [1.165, 1.54) is 0 Å². The first-order chi connectivity index (χ1) is 15.2. The smallest absolute Gasteiger partial charge is 0.225 e. The van der Waals surface area contributed by atoms with E-state index in [0.717, 1.165) is 22.8 Å². The van der Waals surface area contributed by atoms with Crippen molar-refractivity contribution in [2.24, 2.45) is 0 Å². The average Bonchev–Trinajstić information content (AvgIpc) is 3.42. The molecule has 1 amide bonds. The topological polar surface area (TPSA) is 142 Å². The maximum absolute atomic E-state index is 11.5. The highest BCUT2D eigenvalue weighted by molar-refractivity contribution is 5.97. The fraction of sp³-hybridized carbons (Fsp3) is 0.0952. The molecule has 0 aliphatic carbocycles. The Bertz CT molecular complexity index is 1440. The molecule has 31 heavy (non-hydrogen) atoms. The summed E-state index contributed by atoms with van der Waals surface area (Å²) >= 11 is 0. The molecular weight excluding hydrogens is 396 g/mol. The van der Waals surface area contributed by atoms with Gasteiger partial charge >= 0.3 is 0 Å². The van der Waals surface area contributed by atoms with Gasteiger partial charge in [-0.1, -0.05) is 6.92 Å². The molecule has 0 aliphatic heterocycles. The number of carbonyl (C=O) groups excluding carboxylic acids is 2. The fourth-order valence-corrected chi connectivity index (χ4v) is 3.25. The standard InChI is InChI=1S/C21H16N8O2/c1-2-16(31)25-15-4-3-11(8-23-15)13-7-14-18(28-29-19(14)24-9-13)21-26-17-12(10-30)5-6-22-20(17)27-21/h3-10H,2H2,1H3,(H,22,26,27)(H,23,25,31)(H,24,28,29). The number of aldehydes is 1. The summed E-state index contributed by atoms with van der Waals surface area (Å²) < 4.78 is 0. The van der Waals surface area contributed by atoms with Gasteiger partial charge in [-0.2, -0.15) is 5.10 Å². The molecule has 0 atom stereocenters. The highest BCUT2D eigenvalue weighted by atomic mass is 16.1. The van der Waals surface area contributed by atoms with E-state index in [0.29, 0.717) is 46.1 Å². The minimum Gasteiger partial charge on any atom is -0.335 e. The number of rotatable bonds is 5. The number of H-pyrrole nitrogens is 2. The Morgan fingerprint density at radius 2 is 1.97 bits per heavy atom. The molecule has 10 heteroatoms. The summed E-state index contributed by atoms with van der Waals surface area (Å²) in [6.07, 6.45) is 6.07. The number of imidazole rings is 1. The highest BCUT2D eigenvalue weighted by Gasteiger charge is 2.16. The summed E-state index contributed by atoms with van der Waals surface area (Å²) in [5.74, 6) is 0.910. The number of aromatic nitrogens is 7. The minimum absolute atomic E-state index is 0.0931. The molecule has 0 fully saturated rings. The molecule has 0 spiro atoms. The molecule has 5 aromatic heterocycles. The Labute approximate surface area is 175 Å². The van der Waals surface area contributed by atoms with E-state index in [1.807, 2.05) is 12.1 Å². The van der Waals surface area contributed by atoms with E-state index in [2.05, 4.69) is 40.4 Å². The van der Waals surface area contributed by atoms with Crippen LogP contribution in [-0.2, 0) is 4.79 Å². The second-order valence-electron chi connectivity index (χ2n) is 6.83. The van der Waals surface area contributed by atoms with E-state index in [4.69, 9.17) is 0 Å². The van der Waals surface area contributed by atoms with Gasteiger partial charge in [0, 0.05) is 41.7 Å². The first kappa shape index (κ1) is 18.6. The van der Waals surface area contributed by atoms with Crippen molar-refractivity contribution in [3.63, 3.8) is 0 Å². The van der Waals surface area contributed by atoms with E-state index < -0.39 is 0 Å². The molecule has 0 aromatic carbocycles. The fourth-order valence-electron chi connectivity index (χ4n) is 3.25. The maximum atomic E-state index is 11.5. The number of anilines is 1. The van der Waals surface area contributed by atoms with Gasteiger partial charge in [0.1, 0.15) is 11.5 Å². The van der Waals surface area contributed by atoms with Crippen molar-refractivity contribution in [3.05, 3.63) is 48.4 Å². The first-order valence-corrected chi connectivity index (χ1v) is 9.57. The molecule has 0 unspecified atom stereocenters. The number of fused-ring (bicyclic) bond motifs is 2. The van der Waals surface area contributed by atoms with Crippen LogP contribution in [0.1, 0.15) is 23.7 Å². The molecule has 5 rings (SSSR count). The third-order valence-corrected chi connectivity index (χ3v) is 4.88. The SMILES string of the molecule is CCC(=O)Nc1ccc(-c2cnc3n[nH]c(-c4nc5nccc(C=O)c5[nH]4)c3c2)cn1. The zero-order chi connectivity index (χ0) is 21.4. The lowest BCUT2D eigenvalue weighted by Crippen LogP contribution is -2.10. The molecule has 152 valence electrons. The summed E-state index contributed by atoms with van der Waals surface area (Å²) in [6.45, 7) is 1.78. The lowest BCUT2D eigenvalue weighted by Gasteiger charge is -2.05.